The summed E-state index contributed by atoms with van der Waals surface area (Å²) in [5.74, 6) is 0. The van der Waals surface area contributed by atoms with E-state index in [1.807, 2.05) is 0 Å². The van der Waals surface area contributed by atoms with E-state index in [9.17, 15) is 0 Å². The number of benzene rings is 4. The molecule has 0 radical (unpaired) electrons. The van der Waals surface area contributed by atoms with Gasteiger partial charge in [0.25, 0.3) is 0 Å². The topological polar surface area (TPSA) is 6.48 Å². The van der Waals surface area contributed by atoms with Gasteiger partial charge in [-0.3, -0.25) is 0 Å². The minimum absolute atomic E-state index is 1.23. The molecule has 0 fully saturated rings. The lowest BCUT2D eigenvalue weighted by Crippen LogP contribution is -2.09. The predicted octanol–water partition coefficient (Wildman–Crippen LogP) is 8.14. The molecule has 0 saturated heterocycles. The van der Waals surface area contributed by atoms with E-state index >= 15 is 0 Å². The lowest BCUT2D eigenvalue weighted by molar-refractivity contribution is 1.19. The standard InChI is InChI=1S/2C15H17N/c2*1-12-6-4-8-14(10-12)16(3)15-9-5-7-13(2)11-15/h2*4-11H,1-3H3. The summed E-state index contributed by atoms with van der Waals surface area (Å²) in [6, 6.07) is 34.2. The molecule has 0 N–H and O–H groups in total. The molecule has 0 saturated carbocycles. The molecule has 4 aromatic carbocycles. The van der Waals surface area contributed by atoms with Gasteiger partial charge in [-0.2, -0.15) is 0 Å². The minimum Gasteiger partial charge on any atom is -0.345 e. The fourth-order valence-electron chi connectivity index (χ4n) is 3.64. The zero-order chi connectivity index (χ0) is 23.1. The maximum atomic E-state index is 2.21. The van der Waals surface area contributed by atoms with Crippen molar-refractivity contribution in [3.8, 4) is 0 Å². The third kappa shape index (κ3) is 6.24. The highest BCUT2D eigenvalue weighted by Crippen LogP contribution is 2.25. The Bertz CT molecular complexity index is 979. The average molecular weight is 423 g/mol. The highest BCUT2D eigenvalue weighted by Gasteiger charge is 2.04. The molecular formula is C30H34N2. The Labute approximate surface area is 193 Å². The Hall–Kier alpha value is -3.52. The highest BCUT2D eigenvalue weighted by molar-refractivity contribution is 5.64. The van der Waals surface area contributed by atoms with E-state index in [0.717, 1.165) is 0 Å². The zero-order valence-corrected chi connectivity index (χ0v) is 20.1. The van der Waals surface area contributed by atoms with Crippen LogP contribution in [0.25, 0.3) is 0 Å². The Kier molecular flexibility index (Phi) is 7.72. The Morgan fingerprint density at radius 2 is 0.594 bits per heavy atom. The van der Waals surface area contributed by atoms with Crippen molar-refractivity contribution < 1.29 is 0 Å². The fraction of sp³-hybridized carbons (Fsp3) is 0.200. The smallest absolute Gasteiger partial charge is 0.0410 e. The molecule has 32 heavy (non-hydrogen) atoms. The second-order valence-corrected chi connectivity index (χ2v) is 8.47. The molecule has 0 unspecified atom stereocenters. The van der Waals surface area contributed by atoms with Crippen LogP contribution in [0.2, 0.25) is 0 Å². The van der Waals surface area contributed by atoms with Gasteiger partial charge in [0.15, 0.2) is 0 Å². The van der Waals surface area contributed by atoms with E-state index in [2.05, 4.69) is 149 Å². The fourth-order valence-corrected chi connectivity index (χ4v) is 3.64. The average Bonchev–Trinajstić information content (AvgIpc) is 2.78. The SMILES string of the molecule is Cc1cccc(N(C)c2cccc(C)c2)c1.Cc1cccc(N(C)c2cccc(C)c2)c1. The molecule has 4 rings (SSSR count). The third-order valence-corrected chi connectivity index (χ3v) is 5.56. The highest BCUT2D eigenvalue weighted by atomic mass is 15.1. The number of hydrogen-bond donors (Lipinski definition) is 0. The largest absolute Gasteiger partial charge is 0.345 e. The van der Waals surface area contributed by atoms with Crippen molar-refractivity contribution in [1.29, 1.82) is 0 Å². The second kappa shape index (κ2) is 10.7. The van der Waals surface area contributed by atoms with Gasteiger partial charge in [-0.05, 0) is 98.5 Å². The van der Waals surface area contributed by atoms with Gasteiger partial charge in [0.2, 0.25) is 0 Å². The minimum atomic E-state index is 1.23. The number of rotatable bonds is 4. The maximum absolute atomic E-state index is 2.21. The van der Waals surface area contributed by atoms with E-state index in [1.54, 1.807) is 0 Å². The summed E-state index contributed by atoms with van der Waals surface area (Å²) in [7, 11) is 4.20. The van der Waals surface area contributed by atoms with Crippen LogP contribution >= 0.6 is 0 Å². The van der Waals surface area contributed by atoms with Crippen molar-refractivity contribution in [1.82, 2.24) is 0 Å². The van der Waals surface area contributed by atoms with Crippen molar-refractivity contribution in [2.75, 3.05) is 23.9 Å². The summed E-state index contributed by atoms with van der Waals surface area (Å²) in [5, 5.41) is 0. The van der Waals surface area contributed by atoms with Crippen LogP contribution in [0.15, 0.2) is 97.1 Å². The molecule has 164 valence electrons. The van der Waals surface area contributed by atoms with Crippen LogP contribution in [0.3, 0.4) is 0 Å². The summed E-state index contributed by atoms with van der Waals surface area (Å²) < 4.78 is 0. The van der Waals surface area contributed by atoms with Crippen molar-refractivity contribution in [2.24, 2.45) is 0 Å². The maximum Gasteiger partial charge on any atom is 0.0410 e. The molecule has 0 spiro atoms. The first-order chi connectivity index (χ1) is 15.3. The molecule has 0 bridgehead atoms. The van der Waals surface area contributed by atoms with Gasteiger partial charge in [-0.1, -0.05) is 48.5 Å². The first-order valence-corrected chi connectivity index (χ1v) is 11.1. The summed E-state index contributed by atoms with van der Waals surface area (Å²) in [5.41, 5.74) is 10.1. The first kappa shape index (κ1) is 23.1. The van der Waals surface area contributed by atoms with Gasteiger partial charge >= 0.3 is 0 Å². The van der Waals surface area contributed by atoms with Crippen LogP contribution in [0.5, 0.6) is 0 Å². The van der Waals surface area contributed by atoms with Crippen LogP contribution < -0.4 is 9.80 Å². The van der Waals surface area contributed by atoms with E-state index in [4.69, 9.17) is 0 Å². The Morgan fingerprint density at radius 1 is 0.375 bits per heavy atom. The molecule has 2 nitrogen and oxygen atoms in total. The molecule has 0 aliphatic rings. The van der Waals surface area contributed by atoms with Gasteiger partial charge in [0.1, 0.15) is 0 Å². The Balaban J connectivity index is 0.000000181. The number of anilines is 4. The van der Waals surface area contributed by atoms with Crippen LogP contribution in [-0.2, 0) is 0 Å². The van der Waals surface area contributed by atoms with Crippen LogP contribution in [0.1, 0.15) is 22.3 Å². The van der Waals surface area contributed by atoms with E-state index in [-0.39, 0.29) is 0 Å². The van der Waals surface area contributed by atoms with E-state index in [1.165, 1.54) is 45.0 Å². The molecule has 4 aromatic rings. The van der Waals surface area contributed by atoms with Crippen molar-refractivity contribution in [3.05, 3.63) is 119 Å². The molecule has 0 amide bonds. The first-order valence-electron chi connectivity index (χ1n) is 11.1. The van der Waals surface area contributed by atoms with Gasteiger partial charge in [0, 0.05) is 36.8 Å². The van der Waals surface area contributed by atoms with Gasteiger partial charge in [0.05, 0.1) is 0 Å². The molecule has 0 aromatic heterocycles. The molecule has 0 heterocycles. The van der Waals surface area contributed by atoms with Crippen molar-refractivity contribution in [2.45, 2.75) is 27.7 Å². The summed E-state index contributed by atoms with van der Waals surface area (Å²) in [6.45, 7) is 8.47. The Morgan fingerprint density at radius 3 is 0.781 bits per heavy atom. The lowest BCUT2D eigenvalue weighted by atomic mass is 10.1. The molecule has 2 heteroatoms. The normalized spacial score (nSPS) is 10.2. The summed E-state index contributed by atoms with van der Waals surface area (Å²) >= 11 is 0. The quantitative estimate of drug-likeness (QED) is 0.327. The number of hydrogen-bond acceptors (Lipinski definition) is 2. The lowest BCUT2D eigenvalue weighted by Gasteiger charge is -2.20. The van der Waals surface area contributed by atoms with E-state index < -0.39 is 0 Å². The van der Waals surface area contributed by atoms with Crippen molar-refractivity contribution >= 4 is 22.7 Å². The molecule has 0 aliphatic heterocycles. The molecule has 0 aliphatic carbocycles. The molecular weight excluding hydrogens is 388 g/mol. The van der Waals surface area contributed by atoms with Gasteiger partial charge < -0.3 is 9.80 Å². The second-order valence-electron chi connectivity index (χ2n) is 8.47. The predicted molar refractivity (Wildman–Crippen MR) is 141 cm³/mol. The number of nitrogens with zero attached hydrogens (tertiary/aromatic N) is 2. The molecule has 0 atom stereocenters. The zero-order valence-electron chi connectivity index (χ0n) is 20.1. The monoisotopic (exact) mass is 422 g/mol. The number of aryl methyl sites for hydroxylation is 4. The third-order valence-electron chi connectivity index (χ3n) is 5.56. The summed E-state index contributed by atoms with van der Waals surface area (Å²) in [4.78, 5) is 4.42. The van der Waals surface area contributed by atoms with Gasteiger partial charge in [-0.25, -0.2) is 0 Å². The summed E-state index contributed by atoms with van der Waals surface area (Å²) in [6.07, 6.45) is 0. The van der Waals surface area contributed by atoms with Crippen LogP contribution in [0, 0.1) is 27.7 Å². The van der Waals surface area contributed by atoms with Crippen molar-refractivity contribution in [3.63, 3.8) is 0 Å². The van der Waals surface area contributed by atoms with E-state index in [0.29, 0.717) is 0 Å². The van der Waals surface area contributed by atoms with Gasteiger partial charge in [-0.15, -0.1) is 0 Å². The van der Waals surface area contributed by atoms with Crippen LogP contribution in [0.4, 0.5) is 22.7 Å². The van der Waals surface area contributed by atoms with Crippen LogP contribution in [-0.4, -0.2) is 14.1 Å².